The van der Waals surface area contributed by atoms with Gasteiger partial charge in [0.2, 0.25) is 0 Å². The van der Waals surface area contributed by atoms with E-state index in [9.17, 15) is 26.7 Å². The summed E-state index contributed by atoms with van der Waals surface area (Å²) in [6, 6.07) is 6.85. The summed E-state index contributed by atoms with van der Waals surface area (Å²) in [6.45, 7) is 0. The largest absolute Gasteiger partial charge is 0.418 e. The Morgan fingerprint density at radius 3 is 2.25 bits per heavy atom. The second-order valence-corrected chi connectivity index (χ2v) is 4.55. The summed E-state index contributed by atoms with van der Waals surface area (Å²) in [5.74, 6) is -3.61. The molecule has 0 aliphatic carbocycles. The minimum absolute atomic E-state index is 0.237. The Balaban J connectivity index is 2.27. The zero-order valence-electron chi connectivity index (χ0n) is 11.7. The molecule has 0 radical (unpaired) electrons. The summed E-state index contributed by atoms with van der Waals surface area (Å²) in [5.41, 5.74) is 0.793. The van der Waals surface area contributed by atoms with Gasteiger partial charge in [-0.3, -0.25) is 15.6 Å². The number of hydrogen-bond donors (Lipinski definition) is 2. The summed E-state index contributed by atoms with van der Waals surface area (Å²) in [7, 11) is 0. The Bertz CT molecular complexity index is 807. The fourth-order valence-corrected chi connectivity index (χ4v) is 1.86. The molecule has 0 atom stereocenters. The van der Waals surface area contributed by atoms with E-state index in [-0.39, 0.29) is 5.56 Å². The molecular formula is C15H8F5N3O. The van der Waals surface area contributed by atoms with Crippen molar-refractivity contribution in [3.8, 4) is 6.07 Å². The third-order valence-electron chi connectivity index (χ3n) is 2.95. The number of anilines is 1. The van der Waals surface area contributed by atoms with Crippen LogP contribution in [-0.2, 0) is 6.18 Å². The molecule has 0 aliphatic heterocycles. The van der Waals surface area contributed by atoms with Gasteiger partial charge in [0.25, 0.3) is 5.91 Å². The number of nitriles is 1. The molecule has 0 saturated carbocycles. The van der Waals surface area contributed by atoms with Crippen LogP contribution in [0, 0.1) is 23.0 Å². The molecule has 2 N–H and O–H groups in total. The van der Waals surface area contributed by atoms with Gasteiger partial charge >= 0.3 is 6.18 Å². The molecule has 124 valence electrons. The van der Waals surface area contributed by atoms with Gasteiger partial charge in [-0.15, -0.1) is 0 Å². The first-order chi connectivity index (χ1) is 11.2. The highest BCUT2D eigenvalue weighted by Crippen LogP contribution is 2.35. The van der Waals surface area contributed by atoms with Gasteiger partial charge in [-0.25, -0.2) is 8.78 Å². The molecule has 4 nitrogen and oxygen atoms in total. The van der Waals surface area contributed by atoms with Crippen LogP contribution in [-0.4, -0.2) is 5.91 Å². The van der Waals surface area contributed by atoms with Crippen molar-refractivity contribution in [2.24, 2.45) is 0 Å². The van der Waals surface area contributed by atoms with Crippen molar-refractivity contribution in [3.63, 3.8) is 0 Å². The first-order valence-electron chi connectivity index (χ1n) is 6.35. The zero-order valence-corrected chi connectivity index (χ0v) is 11.7. The Hall–Kier alpha value is -3.15. The maximum absolute atomic E-state index is 13.4. The van der Waals surface area contributed by atoms with Crippen LogP contribution in [0.5, 0.6) is 0 Å². The van der Waals surface area contributed by atoms with Gasteiger partial charge in [0.1, 0.15) is 17.2 Å². The lowest BCUT2D eigenvalue weighted by Gasteiger charge is -2.15. The molecule has 0 heterocycles. The van der Waals surface area contributed by atoms with E-state index in [0.717, 1.165) is 30.3 Å². The van der Waals surface area contributed by atoms with Crippen LogP contribution in [0.25, 0.3) is 0 Å². The number of hydrogen-bond acceptors (Lipinski definition) is 3. The smallest absolute Gasteiger partial charge is 0.298 e. The molecule has 2 rings (SSSR count). The van der Waals surface area contributed by atoms with E-state index in [2.05, 4.69) is 0 Å². The maximum atomic E-state index is 13.4. The van der Waals surface area contributed by atoms with Gasteiger partial charge in [-0.1, -0.05) is 6.07 Å². The lowest BCUT2D eigenvalue weighted by atomic mass is 10.1. The van der Waals surface area contributed by atoms with Gasteiger partial charge in [-0.05, 0) is 30.3 Å². The standard InChI is InChI=1S/C15H8F5N3O/c16-10-2-1-3-11(17)13(10)14(24)23-22-12-5-4-8(7-21)6-9(12)15(18,19)20/h1-6,22H,(H,23,24). The van der Waals surface area contributed by atoms with Gasteiger partial charge < -0.3 is 0 Å². The normalized spacial score (nSPS) is 10.8. The molecule has 2 aromatic rings. The Morgan fingerprint density at radius 1 is 1.08 bits per heavy atom. The van der Waals surface area contributed by atoms with Crippen LogP contribution < -0.4 is 10.9 Å². The lowest BCUT2D eigenvalue weighted by Crippen LogP contribution is -2.32. The first-order valence-corrected chi connectivity index (χ1v) is 6.35. The number of hydrazine groups is 1. The number of amides is 1. The third kappa shape index (κ3) is 3.60. The Labute approximate surface area is 132 Å². The number of alkyl halides is 3. The average molecular weight is 341 g/mol. The van der Waals surface area contributed by atoms with Crippen molar-refractivity contribution < 1.29 is 26.7 Å². The molecule has 0 aromatic heterocycles. The van der Waals surface area contributed by atoms with E-state index in [0.29, 0.717) is 6.07 Å². The predicted molar refractivity (Wildman–Crippen MR) is 73.6 cm³/mol. The van der Waals surface area contributed by atoms with Crippen LogP contribution in [0.4, 0.5) is 27.6 Å². The highest BCUT2D eigenvalue weighted by molar-refractivity contribution is 5.95. The summed E-state index contributed by atoms with van der Waals surface area (Å²) in [4.78, 5) is 11.8. The van der Waals surface area contributed by atoms with Crippen LogP contribution in [0.1, 0.15) is 21.5 Å². The van der Waals surface area contributed by atoms with E-state index in [1.807, 2.05) is 5.43 Å². The van der Waals surface area contributed by atoms with Crippen molar-refractivity contribution in [2.45, 2.75) is 6.18 Å². The molecule has 9 heteroatoms. The predicted octanol–water partition coefficient (Wildman–Crippen LogP) is 3.61. The van der Waals surface area contributed by atoms with Crippen LogP contribution in [0.3, 0.4) is 0 Å². The zero-order chi connectivity index (χ0) is 17.9. The second-order valence-electron chi connectivity index (χ2n) is 4.55. The van der Waals surface area contributed by atoms with E-state index in [1.54, 1.807) is 11.5 Å². The molecular weight excluding hydrogens is 333 g/mol. The first kappa shape index (κ1) is 17.2. The number of carbonyl (C=O) groups excluding carboxylic acids is 1. The van der Waals surface area contributed by atoms with E-state index >= 15 is 0 Å². The fraction of sp³-hybridized carbons (Fsp3) is 0.0667. The second kappa shape index (κ2) is 6.54. The summed E-state index contributed by atoms with van der Waals surface area (Å²) in [5, 5.41) is 8.66. The summed E-state index contributed by atoms with van der Waals surface area (Å²) < 4.78 is 65.8. The molecule has 0 bridgehead atoms. The van der Waals surface area contributed by atoms with E-state index in [4.69, 9.17) is 5.26 Å². The average Bonchev–Trinajstić information content (AvgIpc) is 2.51. The maximum Gasteiger partial charge on any atom is 0.418 e. The number of nitrogens with zero attached hydrogens (tertiary/aromatic N) is 1. The van der Waals surface area contributed by atoms with Gasteiger partial charge in [0.15, 0.2) is 0 Å². The Morgan fingerprint density at radius 2 is 1.71 bits per heavy atom. The number of halogens is 5. The molecule has 0 unspecified atom stereocenters. The van der Waals surface area contributed by atoms with E-state index < -0.39 is 40.5 Å². The minimum atomic E-state index is -4.80. The molecule has 2 aromatic carbocycles. The SMILES string of the molecule is N#Cc1ccc(NNC(=O)c2c(F)cccc2F)c(C(F)(F)F)c1. The van der Waals surface area contributed by atoms with Crippen molar-refractivity contribution in [2.75, 3.05) is 5.43 Å². The number of benzene rings is 2. The highest BCUT2D eigenvalue weighted by atomic mass is 19.4. The summed E-state index contributed by atoms with van der Waals surface area (Å²) >= 11 is 0. The van der Waals surface area contributed by atoms with Crippen molar-refractivity contribution in [1.29, 1.82) is 5.26 Å². The fourth-order valence-electron chi connectivity index (χ4n) is 1.86. The molecule has 0 aliphatic rings. The number of rotatable bonds is 3. The molecule has 1 amide bonds. The van der Waals surface area contributed by atoms with Gasteiger partial charge in [-0.2, -0.15) is 18.4 Å². The van der Waals surface area contributed by atoms with Gasteiger partial charge in [0.05, 0.1) is 22.9 Å². The number of carbonyl (C=O) groups is 1. The van der Waals surface area contributed by atoms with Crippen LogP contribution >= 0.6 is 0 Å². The van der Waals surface area contributed by atoms with Crippen LogP contribution in [0.2, 0.25) is 0 Å². The quantitative estimate of drug-likeness (QED) is 0.662. The summed E-state index contributed by atoms with van der Waals surface area (Å²) in [6.07, 6.45) is -4.80. The topological polar surface area (TPSA) is 64.9 Å². The Kier molecular flexibility index (Phi) is 4.69. The van der Waals surface area contributed by atoms with Crippen molar-refractivity contribution >= 4 is 11.6 Å². The lowest BCUT2D eigenvalue weighted by molar-refractivity contribution is -0.137. The molecule has 0 fully saturated rings. The highest BCUT2D eigenvalue weighted by Gasteiger charge is 2.34. The molecule has 0 saturated heterocycles. The van der Waals surface area contributed by atoms with E-state index in [1.165, 1.54) is 0 Å². The van der Waals surface area contributed by atoms with Crippen molar-refractivity contribution in [1.82, 2.24) is 5.43 Å². The van der Waals surface area contributed by atoms with Crippen molar-refractivity contribution in [3.05, 3.63) is 64.7 Å². The molecule has 24 heavy (non-hydrogen) atoms. The monoisotopic (exact) mass is 341 g/mol. The third-order valence-corrected chi connectivity index (χ3v) is 2.95. The minimum Gasteiger partial charge on any atom is -0.298 e. The number of nitrogens with one attached hydrogen (secondary N) is 2. The molecule has 0 spiro atoms. The van der Waals surface area contributed by atoms with Gasteiger partial charge in [0, 0.05) is 0 Å². The van der Waals surface area contributed by atoms with Crippen LogP contribution in [0.15, 0.2) is 36.4 Å².